The molecule has 0 bridgehead atoms. The monoisotopic (exact) mass is 282 g/mol. The van der Waals surface area contributed by atoms with Crippen LogP contribution >= 0.6 is 11.6 Å². The molecule has 0 aliphatic heterocycles. The number of nitro groups is 1. The summed E-state index contributed by atoms with van der Waals surface area (Å²) in [5, 5.41) is 13.4. The average molecular weight is 283 g/mol. The molecule has 1 aromatic carbocycles. The van der Waals surface area contributed by atoms with E-state index in [1.807, 2.05) is 0 Å². The summed E-state index contributed by atoms with van der Waals surface area (Å²) in [7, 11) is 0. The van der Waals surface area contributed by atoms with Crippen molar-refractivity contribution in [2.24, 2.45) is 0 Å². The first kappa shape index (κ1) is 13.2. The minimum absolute atomic E-state index is 0.0454. The van der Waals surface area contributed by atoms with Gasteiger partial charge in [-0.15, -0.1) is 0 Å². The van der Waals surface area contributed by atoms with Gasteiger partial charge in [0, 0.05) is 5.69 Å². The number of nitrogens with one attached hydrogen (secondary N) is 1. The van der Waals surface area contributed by atoms with Crippen molar-refractivity contribution in [3.8, 4) is 0 Å². The Hall–Kier alpha value is -2.28. The van der Waals surface area contributed by atoms with E-state index in [0.717, 1.165) is 6.20 Å². The molecule has 2 aromatic rings. The van der Waals surface area contributed by atoms with E-state index in [1.54, 1.807) is 6.92 Å². The van der Waals surface area contributed by atoms with E-state index in [9.17, 15) is 14.5 Å². The van der Waals surface area contributed by atoms with Crippen LogP contribution in [0, 0.1) is 22.9 Å². The highest BCUT2D eigenvalue weighted by Gasteiger charge is 2.17. The molecule has 6 nitrogen and oxygen atoms in total. The Kier molecular flexibility index (Phi) is 3.57. The van der Waals surface area contributed by atoms with Crippen molar-refractivity contribution in [1.29, 1.82) is 0 Å². The van der Waals surface area contributed by atoms with Gasteiger partial charge in [0.1, 0.15) is 12.0 Å². The van der Waals surface area contributed by atoms with Crippen molar-refractivity contribution in [1.82, 2.24) is 9.97 Å². The fourth-order valence-corrected chi connectivity index (χ4v) is 1.57. The molecule has 0 unspecified atom stereocenters. The molecule has 8 heteroatoms. The highest BCUT2D eigenvalue weighted by atomic mass is 35.5. The number of aryl methyl sites for hydroxylation is 1. The van der Waals surface area contributed by atoms with Gasteiger partial charge in [-0.05, 0) is 42.3 Å². The minimum atomic E-state index is -0.630. The maximum Gasteiger partial charge on any atom is 0.329 e. The lowest BCUT2D eigenvalue weighted by Gasteiger charge is -2.07. The third-order valence-corrected chi connectivity index (χ3v) is 2.54. The molecule has 1 N–H and O–H groups in total. The fraction of sp³-hybridized carbons (Fsp3) is 0.0909. The lowest BCUT2D eigenvalue weighted by molar-refractivity contribution is -0.384. The quantitative estimate of drug-likeness (QED) is 0.531. The number of halogens is 2. The van der Waals surface area contributed by atoms with Gasteiger partial charge in [-0.25, -0.2) is 9.37 Å². The Balaban J connectivity index is 2.39. The summed E-state index contributed by atoms with van der Waals surface area (Å²) in [4.78, 5) is 17.5. The van der Waals surface area contributed by atoms with Crippen LogP contribution in [0.15, 0.2) is 24.4 Å². The maximum absolute atomic E-state index is 13.1. The second-order valence-electron chi connectivity index (χ2n) is 3.72. The topological polar surface area (TPSA) is 81.0 Å². The first-order valence-electron chi connectivity index (χ1n) is 5.17. The van der Waals surface area contributed by atoms with Crippen molar-refractivity contribution in [3.05, 3.63) is 51.2 Å². The van der Waals surface area contributed by atoms with Crippen LogP contribution in [-0.2, 0) is 0 Å². The SMILES string of the molecule is Cc1cc(Nc2nc(Cl)ncc2[N+](=O)[O-])ccc1F. The van der Waals surface area contributed by atoms with Gasteiger partial charge < -0.3 is 5.32 Å². The predicted octanol–water partition coefficient (Wildman–Crippen LogP) is 3.23. The molecule has 0 radical (unpaired) electrons. The average Bonchev–Trinajstić information content (AvgIpc) is 2.33. The smallest absolute Gasteiger partial charge is 0.329 e. The first-order chi connectivity index (χ1) is 8.97. The number of rotatable bonds is 3. The van der Waals surface area contributed by atoms with Crippen molar-refractivity contribution in [2.45, 2.75) is 6.92 Å². The van der Waals surface area contributed by atoms with Crippen LogP contribution in [0.5, 0.6) is 0 Å². The zero-order chi connectivity index (χ0) is 14.0. The number of nitrogens with zero attached hydrogens (tertiary/aromatic N) is 3. The number of anilines is 2. The van der Waals surface area contributed by atoms with Crippen LogP contribution < -0.4 is 5.32 Å². The predicted molar refractivity (Wildman–Crippen MR) is 68.1 cm³/mol. The third-order valence-electron chi connectivity index (χ3n) is 2.36. The number of benzene rings is 1. The summed E-state index contributed by atoms with van der Waals surface area (Å²) in [6.45, 7) is 1.59. The van der Waals surface area contributed by atoms with Gasteiger partial charge in [-0.3, -0.25) is 10.1 Å². The molecule has 98 valence electrons. The summed E-state index contributed by atoms with van der Waals surface area (Å²) < 4.78 is 13.1. The number of hydrogen-bond donors (Lipinski definition) is 1. The Morgan fingerprint density at radius 1 is 1.47 bits per heavy atom. The van der Waals surface area contributed by atoms with Crippen LogP contribution in [0.4, 0.5) is 21.6 Å². The molecule has 1 aromatic heterocycles. The second kappa shape index (κ2) is 5.15. The zero-order valence-electron chi connectivity index (χ0n) is 9.72. The number of hydrogen-bond acceptors (Lipinski definition) is 5. The molecule has 0 aliphatic rings. The first-order valence-corrected chi connectivity index (χ1v) is 5.55. The molecule has 19 heavy (non-hydrogen) atoms. The van der Waals surface area contributed by atoms with Crippen molar-refractivity contribution < 1.29 is 9.31 Å². The van der Waals surface area contributed by atoms with Crippen molar-refractivity contribution in [2.75, 3.05) is 5.32 Å². The minimum Gasteiger partial charge on any atom is -0.334 e. The maximum atomic E-state index is 13.1. The molecule has 0 amide bonds. The molecule has 0 saturated carbocycles. The molecule has 0 saturated heterocycles. The van der Waals surface area contributed by atoms with E-state index in [2.05, 4.69) is 15.3 Å². The summed E-state index contributed by atoms with van der Waals surface area (Å²) in [6, 6.07) is 4.21. The Morgan fingerprint density at radius 2 is 2.21 bits per heavy atom. The Morgan fingerprint density at radius 3 is 2.84 bits per heavy atom. The van der Waals surface area contributed by atoms with Gasteiger partial charge in [-0.2, -0.15) is 4.98 Å². The van der Waals surface area contributed by atoms with Crippen LogP contribution in [-0.4, -0.2) is 14.9 Å². The zero-order valence-corrected chi connectivity index (χ0v) is 10.5. The molecule has 2 rings (SSSR count). The standard InChI is InChI=1S/C11H8ClFN4O2/c1-6-4-7(2-3-8(6)13)15-10-9(17(18)19)5-14-11(12)16-10/h2-5H,1H3,(H,14,15,16). The molecular weight excluding hydrogens is 275 g/mol. The second-order valence-corrected chi connectivity index (χ2v) is 4.06. The van der Waals surface area contributed by atoms with Crippen molar-refractivity contribution in [3.63, 3.8) is 0 Å². The molecule has 0 fully saturated rings. The van der Waals surface area contributed by atoms with E-state index in [-0.39, 0.29) is 22.6 Å². The van der Waals surface area contributed by atoms with Gasteiger partial charge in [0.25, 0.3) is 0 Å². The Bertz CT molecular complexity index is 651. The van der Waals surface area contributed by atoms with E-state index < -0.39 is 4.92 Å². The van der Waals surface area contributed by atoms with Gasteiger partial charge in [0.2, 0.25) is 11.1 Å². The number of aromatic nitrogens is 2. The van der Waals surface area contributed by atoms with E-state index in [1.165, 1.54) is 18.2 Å². The van der Waals surface area contributed by atoms with Crippen molar-refractivity contribution >= 4 is 28.8 Å². The lowest BCUT2D eigenvalue weighted by Crippen LogP contribution is -2.01. The van der Waals surface area contributed by atoms with Gasteiger partial charge in [0.15, 0.2) is 0 Å². The molecule has 0 spiro atoms. The van der Waals surface area contributed by atoms with Gasteiger partial charge in [-0.1, -0.05) is 0 Å². The summed E-state index contributed by atoms with van der Waals surface area (Å²) in [6.07, 6.45) is 1.01. The Labute approximate surface area is 112 Å². The molecular formula is C11H8ClFN4O2. The summed E-state index contributed by atoms with van der Waals surface area (Å²) in [5.74, 6) is -0.406. The van der Waals surface area contributed by atoms with E-state index >= 15 is 0 Å². The van der Waals surface area contributed by atoms with E-state index in [0.29, 0.717) is 11.3 Å². The summed E-state index contributed by atoms with van der Waals surface area (Å²) >= 11 is 5.60. The van der Waals surface area contributed by atoms with Gasteiger partial charge in [0.05, 0.1) is 4.92 Å². The molecule has 0 atom stereocenters. The van der Waals surface area contributed by atoms with Crippen LogP contribution in [0.2, 0.25) is 5.28 Å². The van der Waals surface area contributed by atoms with Crippen LogP contribution in [0.3, 0.4) is 0 Å². The lowest BCUT2D eigenvalue weighted by atomic mass is 10.2. The highest BCUT2D eigenvalue weighted by Crippen LogP contribution is 2.26. The van der Waals surface area contributed by atoms with Gasteiger partial charge >= 0.3 is 5.69 Å². The van der Waals surface area contributed by atoms with Crippen LogP contribution in [0.25, 0.3) is 0 Å². The summed E-state index contributed by atoms with van der Waals surface area (Å²) in [5.41, 5.74) is 0.566. The fourth-order valence-electron chi connectivity index (χ4n) is 1.44. The largest absolute Gasteiger partial charge is 0.334 e. The highest BCUT2D eigenvalue weighted by molar-refractivity contribution is 6.28. The third kappa shape index (κ3) is 2.94. The van der Waals surface area contributed by atoms with E-state index in [4.69, 9.17) is 11.6 Å². The molecule has 1 heterocycles. The molecule has 0 aliphatic carbocycles. The van der Waals surface area contributed by atoms with Crippen LogP contribution in [0.1, 0.15) is 5.56 Å². The normalized spacial score (nSPS) is 10.3.